The predicted octanol–water partition coefficient (Wildman–Crippen LogP) is 1.20. The highest BCUT2D eigenvalue weighted by Gasteiger charge is 2.31. The number of nitrogens with two attached hydrogens (primary N) is 2. The van der Waals surface area contributed by atoms with Crippen molar-refractivity contribution in [3.05, 3.63) is 35.9 Å². The van der Waals surface area contributed by atoms with Crippen LogP contribution in [0.1, 0.15) is 19.4 Å². The standard InChI is InChI=1S/C11H16N2O.ClH/c1-11(2,9(12)10(13)14)8-6-4-3-5-7-8;/h3-7,9H,12H2,1-2H3,(H2,13,14);1H/t9-;/m0./s1. The Kier molecular flexibility index (Phi) is 4.78. The number of primary amides is 1. The molecule has 4 heteroatoms. The molecule has 0 spiro atoms. The lowest BCUT2D eigenvalue weighted by atomic mass is 9.78. The summed E-state index contributed by atoms with van der Waals surface area (Å²) in [6.45, 7) is 3.83. The van der Waals surface area contributed by atoms with Gasteiger partial charge in [0.2, 0.25) is 5.91 Å². The molecule has 1 atom stereocenters. The SMILES string of the molecule is CC(C)(c1ccccc1)[C@@H](N)C(N)=O.Cl. The van der Waals surface area contributed by atoms with Crippen LogP contribution in [0.2, 0.25) is 0 Å². The van der Waals surface area contributed by atoms with E-state index in [1.165, 1.54) is 0 Å². The molecule has 1 aromatic carbocycles. The molecule has 1 aromatic rings. The van der Waals surface area contributed by atoms with Crippen LogP contribution in [0, 0.1) is 0 Å². The van der Waals surface area contributed by atoms with Gasteiger partial charge < -0.3 is 11.5 Å². The molecule has 0 saturated heterocycles. The minimum atomic E-state index is -0.662. The fourth-order valence-electron chi connectivity index (χ4n) is 1.40. The van der Waals surface area contributed by atoms with Gasteiger partial charge in [-0.15, -0.1) is 12.4 Å². The third kappa shape index (κ3) is 2.94. The number of hydrogen-bond acceptors (Lipinski definition) is 2. The van der Waals surface area contributed by atoms with Crippen LogP contribution in [0.25, 0.3) is 0 Å². The summed E-state index contributed by atoms with van der Waals surface area (Å²) in [7, 11) is 0. The van der Waals surface area contributed by atoms with Gasteiger partial charge >= 0.3 is 0 Å². The highest BCUT2D eigenvalue weighted by molar-refractivity contribution is 5.85. The van der Waals surface area contributed by atoms with Crippen LogP contribution in [-0.2, 0) is 10.2 Å². The van der Waals surface area contributed by atoms with E-state index in [1.54, 1.807) is 0 Å². The highest BCUT2D eigenvalue weighted by Crippen LogP contribution is 2.25. The summed E-state index contributed by atoms with van der Waals surface area (Å²) in [5.74, 6) is -0.473. The van der Waals surface area contributed by atoms with E-state index < -0.39 is 17.4 Å². The summed E-state index contributed by atoms with van der Waals surface area (Å²) in [5.41, 5.74) is 11.5. The Bertz CT molecular complexity index is 325. The molecule has 0 saturated carbocycles. The van der Waals surface area contributed by atoms with Crippen LogP contribution >= 0.6 is 12.4 Å². The summed E-state index contributed by atoms with van der Waals surface area (Å²) in [5, 5.41) is 0. The number of hydrogen-bond donors (Lipinski definition) is 2. The predicted molar refractivity (Wildman–Crippen MR) is 63.9 cm³/mol. The third-order valence-electron chi connectivity index (χ3n) is 2.60. The van der Waals surface area contributed by atoms with Gasteiger partial charge in [0, 0.05) is 5.41 Å². The van der Waals surface area contributed by atoms with Crippen LogP contribution in [0.5, 0.6) is 0 Å². The van der Waals surface area contributed by atoms with E-state index in [0.717, 1.165) is 5.56 Å². The third-order valence-corrected chi connectivity index (χ3v) is 2.60. The summed E-state index contributed by atoms with van der Waals surface area (Å²) in [6.07, 6.45) is 0. The van der Waals surface area contributed by atoms with E-state index in [9.17, 15) is 4.79 Å². The fourth-order valence-corrected chi connectivity index (χ4v) is 1.40. The molecule has 1 amide bonds. The van der Waals surface area contributed by atoms with Crippen molar-refractivity contribution in [1.29, 1.82) is 0 Å². The molecular formula is C11H17ClN2O. The molecule has 0 aliphatic rings. The monoisotopic (exact) mass is 228 g/mol. The molecule has 1 rings (SSSR count). The number of benzene rings is 1. The maximum absolute atomic E-state index is 11.0. The van der Waals surface area contributed by atoms with E-state index in [-0.39, 0.29) is 12.4 Å². The summed E-state index contributed by atoms with van der Waals surface area (Å²) < 4.78 is 0. The van der Waals surface area contributed by atoms with Gasteiger partial charge in [0.15, 0.2) is 0 Å². The Hall–Kier alpha value is -1.06. The Balaban J connectivity index is 0.00000196. The first-order chi connectivity index (χ1) is 6.46. The van der Waals surface area contributed by atoms with Crippen molar-refractivity contribution in [1.82, 2.24) is 0 Å². The Morgan fingerprint density at radius 3 is 2.13 bits per heavy atom. The lowest BCUT2D eigenvalue weighted by molar-refractivity contribution is -0.120. The first-order valence-corrected chi connectivity index (χ1v) is 4.56. The van der Waals surface area contributed by atoms with Crippen LogP contribution in [-0.4, -0.2) is 11.9 Å². The van der Waals surface area contributed by atoms with Crippen molar-refractivity contribution in [2.24, 2.45) is 11.5 Å². The van der Waals surface area contributed by atoms with Gasteiger partial charge in [-0.25, -0.2) is 0 Å². The molecule has 0 heterocycles. The van der Waals surface area contributed by atoms with Gasteiger partial charge in [0.1, 0.15) is 0 Å². The van der Waals surface area contributed by atoms with E-state index >= 15 is 0 Å². The average Bonchev–Trinajstić information content (AvgIpc) is 2.18. The zero-order valence-electron chi connectivity index (χ0n) is 8.94. The maximum Gasteiger partial charge on any atom is 0.235 e. The van der Waals surface area contributed by atoms with Gasteiger partial charge in [0.25, 0.3) is 0 Å². The molecule has 4 N–H and O–H groups in total. The molecule has 84 valence electrons. The van der Waals surface area contributed by atoms with Crippen LogP contribution < -0.4 is 11.5 Å². The maximum atomic E-state index is 11.0. The van der Waals surface area contributed by atoms with Crippen LogP contribution in [0.15, 0.2) is 30.3 Å². The minimum absolute atomic E-state index is 0. The van der Waals surface area contributed by atoms with Gasteiger partial charge in [-0.05, 0) is 5.56 Å². The second kappa shape index (κ2) is 5.14. The molecule has 0 fully saturated rings. The van der Waals surface area contributed by atoms with Crippen molar-refractivity contribution in [2.75, 3.05) is 0 Å². The molecular weight excluding hydrogens is 212 g/mol. The molecule has 0 aromatic heterocycles. The van der Waals surface area contributed by atoms with E-state index in [0.29, 0.717) is 0 Å². The van der Waals surface area contributed by atoms with Gasteiger partial charge in [-0.3, -0.25) is 4.79 Å². The molecule has 3 nitrogen and oxygen atoms in total. The molecule has 0 radical (unpaired) electrons. The summed E-state index contributed by atoms with van der Waals surface area (Å²) in [4.78, 5) is 11.0. The second-order valence-corrected chi connectivity index (χ2v) is 3.97. The van der Waals surface area contributed by atoms with E-state index in [2.05, 4.69) is 0 Å². The average molecular weight is 229 g/mol. The Morgan fingerprint density at radius 2 is 1.73 bits per heavy atom. The van der Waals surface area contributed by atoms with Crippen molar-refractivity contribution in [2.45, 2.75) is 25.3 Å². The van der Waals surface area contributed by atoms with Crippen molar-refractivity contribution < 1.29 is 4.79 Å². The zero-order valence-corrected chi connectivity index (χ0v) is 9.75. The topological polar surface area (TPSA) is 69.1 Å². The van der Waals surface area contributed by atoms with Gasteiger partial charge in [-0.2, -0.15) is 0 Å². The number of carbonyl (C=O) groups is 1. The number of amides is 1. The van der Waals surface area contributed by atoms with Crippen molar-refractivity contribution >= 4 is 18.3 Å². The summed E-state index contributed by atoms with van der Waals surface area (Å²) >= 11 is 0. The van der Waals surface area contributed by atoms with E-state index in [4.69, 9.17) is 11.5 Å². The Morgan fingerprint density at radius 1 is 1.27 bits per heavy atom. The molecule has 0 aliphatic heterocycles. The van der Waals surface area contributed by atoms with Crippen molar-refractivity contribution in [3.63, 3.8) is 0 Å². The smallest absolute Gasteiger partial charge is 0.235 e. The lowest BCUT2D eigenvalue weighted by Crippen LogP contribution is -2.50. The van der Waals surface area contributed by atoms with Crippen LogP contribution in [0.4, 0.5) is 0 Å². The van der Waals surface area contributed by atoms with Gasteiger partial charge in [-0.1, -0.05) is 44.2 Å². The quantitative estimate of drug-likeness (QED) is 0.816. The zero-order chi connectivity index (χ0) is 10.8. The lowest BCUT2D eigenvalue weighted by Gasteiger charge is -2.29. The molecule has 15 heavy (non-hydrogen) atoms. The summed E-state index contributed by atoms with van der Waals surface area (Å²) in [6, 6.07) is 9.00. The molecule has 0 aliphatic carbocycles. The van der Waals surface area contributed by atoms with E-state index in [1.807, 2.05) is 44.2 Å². The normalized spacial score (nSPS) is 12.7. The second-order valence-electron chi connectivity index (χ2n) is 3.97. The first kappa shape index (κ1) is 13.9. The Labute approximate surface area is 96.3 Å². The number of halogens is 1. The molecule has 0 bridgehead atoms. The number of rotatable bonds is 3. The fraction of sp³-hybridized carbons (Fsp3) is 0.364. The molecule has 0 unspecified atom stereocenters. The van der Waals surface area contributed by atoms with Crippen LogP contribution in [0.3, 0.4) is 0 Å². The highest BCUT2D eigenvalue weighted by atomic mass is 35.5. The first-order valence-electron chi connectivity index (χ1n) is 4.56. The van der Waals surface area contributed by atoms with Gasteiger partial charge in [0.05, 0.1) is 6.04 Å². The largest absolute Gasteiger partial charge is 0.368 e. The number of carbonyl (C=O) groups excluding carboxylic acids is 1. The minimum Gasteiger partial charge on any atom is -0.368 e. The van der Waals surface area contributed by atoms with Crippen molar-refractivity contribution in [3.8, 4) is 0 Å².